The first kappa shape index (κ1) is 17.3. The molecule has 0 fully saturated rings. The van der Waals surface area contributed by atoms with Crippen molar-refractivity contribution in [1.29, 1.82) is 0 Å². The number of nitrogens with zero attached hydrogens (tertiary/aromatic N) is 1. The molecule has 0 bridgehead atoms. The van der Waals surface area contributed by atoms with Crippen LogP contribution in [0.1, 0.15) is 5.56 Å². The molecule has 2 heterocycles. The smallest absolute Gasteiger partial charge is 0.326 e. The zero-order valence-electron chi connectivity index (χ0n) is 15.7. The van der Waals surface area contributed by atoms with Crippen LogP contribution in [0, 0.1) is 0 Å². The summed E-state index contributed by atoms with van der Waals surface area (Å²) in [6.45, 7) is 0.687. The summed E-state index contributed by atoms with van der Waals surface area (Å²) in [6.07, 6.45) is 2.61. The van der Waals surface area contributed by atoms with Crippen LogP contribution in [-0.2, 0) is 6.42 Å². The van der Waals surface area contributed by atoms with Crippen molar-refractivity contribution in [3.05, 3.63) is 94.9 Å². The third-order valence-electron chi connectivity index (χ3n) is 5.39. The molecule has 0 radical (unpaired) electrons. The van der Waals surface area contributed by atoms with Crippen LogP contribution in [0.25, 0.3) is 21.9 Å². The minimum atomic E-state index is -0.128. The standard InChI is InChI=1S/C24H19N3O2/c28-23-20-7-3-2-6-19(20)21(15-25-23)16-9-11-18(12-10-16)26-24(29)27-14-13-17-5-1-4-8-22(17)27/h1-12,15H,13-14H2,(H,25,28)(H,26,29). The Morgan fingerprint density at radius 3 is 2.45 bits per heavy atom. The quantitative estimate of drug-likeness (QED) is 0.524. The Morgan fingerprint density at radius 2 is 1.62 bits per heavy atom. The highest BCUT2D eigenvalue weighted by molar-refractivity contribution is 6.03. The van der Waals surface area contributed by atoms with Gasteiger partial charge in [-0.05, 0) is 47.2 Å². The van der Waals surface area contributed by atoms with E-state index in [2.05, 4.69) is 16.4 Å². The van der Waals surface area contributed by atoms with E-state index in [4.69, 9.17) is 0 Å². The number of para-hydroxylation sites is 1. The molecule has 0 atom stereocenters. The van der Waals surface area contributed by atoms with Gasteiger partial charge in [-0.3, -0.25) is 9.69 Å². The molecule has 0 saturated heterocycles. The molecule has 0 spiro atoms. The predicted octanol–water partition coefficient (Wildman–Crippen LogP) is 4.79. The molecule has 4 aromatic rings. The Kier molecular flexibility index (Phi) is 4.13. The fourth-order valence-electron chi connectivity index (χ4n) is 3.92. The fraction of sp³-hybridized carbons (Fsp3) is 0.0833. The normalized spacial score (nSPS) is 12.8. The van der Waals surface area contributed by atoms with Crippen molar-refractivity contribution in [2.24, 2.45) is 0 Å². The lowest BCUT2D eigenvalue weighted by Crippen LogP contribution is -2.33. The highest BCUT2D eigenvalue weighted by Crippen LogP contribution is 2.29. The number of benzene rings is 3. The third kappa shape index (κ3) is 3.06. The van der Waals surface area contributed by atoms with Gasteiger partial charge in [-0.2, -0.15) is 0 Å². The molecular formula is C24H19N3O2. The molecule has 0 unspecified atom stereocenters. The Bertz CT molecular complexity index is 1280. The van der Waals surface area contributed by atoms with E-state index in [0.717, 1.165) is 34.3 Å². The number of fused-ring (bicyclic) bond motifs is 2. The van der Waals surface area contributed by atoms with E-state index in [1.165, 1.54) is 5.56 Å². The summed E-state index contributed by atoms with van der Waals surface area (Å²) in [4.78, 5) is 29.3. The number of pyridine rings is 1. The van der Waals surface area contributed by atoms with E-state index >= 15 is 0 Å². The van der Waals surface area contributed by atoms with Crippen LogP contribution >= 0.6 is 0 Å². The number of H-pyrrole nitrogens is 1. The van der Waals surface area contributed by atoms with Gasteiger partial charge in [0.2, 0.25) is 0 Å². The molecule has 29 heavy (non-hydrogen) atoms. The predicted molar refractivity (Wildman–Crippen MR) is 117 cm³/mol. The maximum atomic E-state index is 12.7. The van der Waals surface area contributed by atoms with Crippen LogP contribution in [0.4, 0.5) is 16.2 Å². The molecule has 2 amide bonds. The van der Waals surface area contributed by atoms with Gasteiger partial charge < -0.3 is 10.3 Å². The minimum Gasteiger partial charge on any atom is -0.328 e. The lowest BCUT2D eigenvalue weighted by Gasteiger charge is -2.18. The number of urea groups is 1. The SMILES string of the molecule is O=C(Nc1ccc(-c2c[nH]c(=O)c3ccccc23)cc1)N1CCc2ccccc21. The topological polar surface area (TPSA) is 65.2 Å². The number of anilines is 2. The first-order chi connectivity index (χ1) is 14.2. The highest BCUT2D eigenvalue weighted by Gasteiger charge is 2.24. The summed E-state index contributed by atoms with van der Waals surface area (Å²) in [6, 6.07) is 23.1. The molecule has 5 heteroatoms. The molecule has 1 aliphatic heterocycles. The second-order valence-corrected chi connectivity index (χ2v) is 7.11. The average Bonchev–Trinajstić information content (AvgIpc) is 3.19. The van der Waals surface area contributed by atoms with Crippen molar-refractivity contribution in [3.63, 3.8) is 0 Å². The summed E-state index contributed by atoms with van der Waals surface area (Å²) < 4.78 is 0. The van der Waals surface area contributed by atoms with E-state index in [1.54, 1.807) is 11.1 Å². The van der Waals surface area contributed by atoms with Crippen molar-refractivity contribution in [2.75, 3.05) is 16.8 Å². The van der Waals surface area contributed by atoms with E-state index < -0.39 is 0 Å². The molecule has 1 aliphatic rings. The van der Waals surface area contributed by atoms with Gasteiger partial charge in [-0.1, -0.05) is 48.5 Å². The molecular weight excluding hydrogens is 362 g/mol. The molecule has 5 rings (SSSR count). The number of nitrogens with one attached hydrogen (secondary N) is 2. The molecule has 3 aromatic carbocycles. The van der Waals surface area contributed by atoms with E-state index in [1.807, 2.05) is 66.7 Å². The lowest BCUT2D eigenvalue weighted by atomic mass is 10.0. The summed E-state index contributed by atoms with van der Waals surface area (Å²) >= 11 is 0. The Hall–Kier alpha value is -3.86. The van der Waals surface area contributed by atoms with E-state index in [-0.39, 0.29) is 11.6 Å². The second kappa shape index (κ2) is 6.95. The van der Waals surface area contributed by atoms with Crippen LogP contribution in [0.5, 0.6) is 0 Å². The summed E-state index contributed by atoms with van der Waals surface area (Å²) in [5.74, 6) is 0. The minimum absolute atomic E-state index is 0.0980. The van der Waals surface area contributed by atoms with Crippen LogP contribution in [0.3, 0.4) is 0 Å². The van der Waals surface area contributed by atoms with Gasteiger partial charge in [0.25, 0.3) is 5.56 Å². The van der Waals surface area contributed by atoms with Crippen molar-refractivity contribution < 1.29 is 4.79 Å². The average molecular weight is 381 g/mol. The zero-order valence-corrected chi connectivity index (χ0v) is 15.7. The van der Waals surface area contributed by atoms with Gasteiger partial charge in [0.15, 0.2) is 0 Å². The maximum absolute atomic E-state index is 12.7. The van der Waals surface area contributed by atoms with Gasteiger partial charge in [-0.25, -0.2) is 4.79 Å². The van der Waals surface area contributed by atoms with Crippen LogP contribution in [0.15, 0.2) is 83.8 Å². The Labute approximate surface area is 167 Å². The van der Waals surface area contributed by atoms with Crippen molar-refractivity contribution in [1.82, 2.24) is 4.98 Å². The Balaban J connectivity index is 1.40. The molecule has 0 saturated carbocycles. The number of carbonyl (C=O) groups is 1. The van der Waals surface area contributed by atoms with Gasteiger partial charge >= 0.3 is 6.03 Å². The first-order valence-corrected chi connectivity index (χ1v) is 9.58. The van der Waals surface area contributed by atoms with Gasteiger partial charge in [0.1, 0.15) is 0 Å². The number of aromatic nitrogens is 1. The van der Waals surface area contributed by atoms with Crippen molar-refractivity contribution >= 4 is 28.2 Å². The number of hydrogen-bond donors (Lipinski definition) is 2. The van der Waals surface area contributed by atoms with Gasteiger partial charge in [-0.15, -0.1) is 0 Å². The molecule has 2 N–H and O–H groups in total. The van der Waals surface area contributed by atoms with Gasteiger partial charge in [0, 0.05) is 35.1 Å². The van der Waals surface area contributed by atoms with Crippen LogP contribution in [-0.4, -0.2) is 17.6 Å². The summed E-state index contributed by atoms with van der Waals surface area (Å²) in [7, 11) is 0. The largest absolute Gasteiger partial charge is 0.328 e. The first-order valence-electron chi connectivity index (χ1n) is 9.58. The molecule has 142 valence electrons. The number of hydrogen-bond acceptors (Lipinski definition) is 2. The van der Waals surface area contributed by atoms with Gasteiger partial charge in [0.05, 0.1) is 0 Å². The van der Waals surface area contributed by atoms with Crippen LogP contribution in [0.2, 0.25) is 0 Å². The zero-order chi connectivity index (χ0) is 19.8. The monoisotopic (exact) mass is 381 g/mol. The number of aromatic amines is 1. The summed E-state index contributed by atoms with van der Waals surface area (Å²) in [5, 5.41) is 4.55. The number of rotatable bonds is 2. The number of carbonyl (C=O) groups excluding carboxylic acids is 1. The molecule has 0 aliphatic carbocycles. The number of amides is 2. The Morgan fingerprint density at radius 1 is 0.897 bits per heavy atom. The van der Waals surface area contributed by atoms with E-state index in [0.29, 0.717) is 11.9 Å². The lowest BCUT2D eigenvalue weighted by molar-refractivity contribution is 0.257. The van der Waals surface area contributed by atoms with Crippen LogP contribution < -0.4 is 15.8 Å². The molecule has 1 aromatic heterocycles. The fourth-order valence-corrected chi connectivity index (χ4v) is 3.92. The summed E-state index contributed by atoms with van der Waals surface area (Å²) in [5.41, 5.74) is 4.73. The second-order valence-electron chi connectivity index (χ2n) is 7.11. The highest BCUT2D eigenvalue weighted by atomic mass is 16.2. The maximum Gasteiger partial charge on any atom is 0.326 e. The van der Waals surface area contributed by atoms with E-state index in [9.17, 15) is 9.59 Å². The van der Waals surface area contributed by atoms with Crippen molar-refractivity contribution in [2.45, 2.75) is 6.42 Å². The van der Waals surface area contributed by atoms with Crippen molar-refractivity contribution in [3.8, 4) is 11.1 Å². The molecule has 5 nitrogen and oxygen atoms in total. The third-order valence-corrected chi connectivity index (χ3v) is 5.39.